The number of fused-ring (bicyclic) bond motifs is 1. The number of urea groups is 1. The van der Waals surface area contributed by atoms with E-state index in [1.165, 1.54) is 12.1 Å². The minimum absolute atomic E-state index is 0.0240. The molecule has 0 unspecified atom stereocenters. The van der Waals surface area contributed by atoms with Gasteiger partial charge in [0, 0.05) is 11.1 Å². The van der Waals surface area contributed by atoms with Gasteiger partial charge in [0.2, 0.25) is 0 Å². The monoisotopic (exact) mass is 341 g/mol. The van der Waals surface area contributed by atoms with Gasteiger partial charge in [0.1, 0.15) is 0 Å². The van der Waals surface area contributed by atoms with Crippen LogP contribution in [0.4, 0.5) is 10.5 Å². The first kappa shape index (κ1) is 15.9. The molecule has 1 aromatic heterocycles. The molecule has 0 saturated heterocycles. The Morgan fingerprint density at radius 3 is 2.42 bits per heavy atom. The molecular formula is C17H15N3O3S. The number of hydrogen-bond donors (Lipinski definition) is 2. The molecule has 0 aliphatic heterocycles. The lowest BCUT2D eigenvalue weighted by Gasteiger charge is -2.11. The first-order valence-electron chi connectivity index (χ1n) is 7.21. The molecule has 3 aromatic rings. The molecular weight excluding hydrogens is 326 g/mol. The van der Waals surface area contributed by atoms with E-state index in [1.54, 1.807) is 31.2 Å². The molecule has 6 nitrogen and oxygen atoms in total. The Hall–Kier alpha value is -2.93. The Balaban J connectivity index is 1.86. The van der Waals surface area contributed by atoms with E-state index in [0.29, 0.717) is 5.69 Å². The largest absolute Gasteiger partial charge is 0.333 e. The molecule has 0 atom stereocenters. The zero-order valence-electron chi connectivity index (χ0n) is 12.9. The maximum Gasteiger partial charge on any atom is 0.333 e. The summed E-state index contributed by atoms with van der Waals surface area (Å²) in [7, 11) is -3.92. The number of nitrogens with zero attached hydrogens (tertiary/aromatic N) is 1. The van der Waals surface area contributed by atoms with Crippen molar-refractivity contribution in [2.45, 2.75) is 11.8 Å². The number of pyridine rings is 1. The minimum Gasteiger partial charge on any atom is -0.306 e. The van der Waals surface area contributed by atoms with Gasteiger partial charge in [-0.15, -0.1) is 0 Å². The van der Waals surface area contributed by atoms with Crippen molar-refractivity contribution >= 4 is 32.6 Å². The number of aryl methyl sites for hydroxylation is 1. The molecule has 3 rings (SSSR count). The smallest absolute Gasteiger partial charge is 0.306 e. The highest BCUT2D eigenvalue weighted by Crippen LogP contribution is 2.22. The first-order chi connectivity index (χ1) is 11.5. The van der Waals surface area contributed by atoms with E-state index in [-0.39, 0.29) is 4.90 Å². The van der Waals surface area contributed by atoms with Crippen LogP contribution in [0.15, 0.2) is 65.6 Å². The molecule has 0 radical (unpaired) electrons. The summed E-state index contributed by atoms with van der Waals surface area (Å²) in [5.74, 6) is 0. The first-order valence-corrected chi connectivity index (χ1v) is 8.69. The van der Waals surface area contributed by atoms with Crippen LogP contribution in [0.2, 0.25) is 0 Å². The second-order valence-electron chi connectivity index (χ2n) is 5.20. The summed E-state index contributed by atoms with van der Waals surface area (Å²) in [5, 5.41) is 3.31. The van der Waals surface area contributed by atoms with E-state index in [2.05, 4.69) is 10.3 Å². The number of amides is 2. The topological polar surface area (TPSA) is 88.2 Å². The lowest BCUT2D eigenvalue weighted by atomic mass is 10.1. The third-order valence-corrected chi connectivity index (χ3v) is 4.72. The summed E-state index contributed by atoms with van der Waals surface area (Å²) in [4.78, 5) is 16.5. The maximum atomic E-state index is 12.2. The summed E-state index contributed by atoms with van der Waals surface area (Å²) in [6.07, 6.45) is 0. The highest BCUT2D eigenvalue weighted by atomic mass is 32.2. The summed E-state index contributed by atoms with van der Waals surface area (Å²) in [6.45, 7) is 1.80. The number of carbonyl (C=O) groups excluding carboxylic acids is 1. The van der Waals surface area contributed by atoms with Gasteiger partial charge in [-0.25, -0.2) is 17.9 Å². The van der Waals surface area contributed by atoms with Gasteiger partial charge in [0.15, 0.2) is 0 Å². The Labute approximate surface area is 139 Å². The van der Waals surface area contributed by atoms with Crippen molar-refractivity contribution in [1.29, 1.82) is 0 Å². The Morgan fingerprint density at radius 1 is 1.00 bits per heavy atom. The normalized spacial score (nSPS) is 11.2. The van der Waals surface area contributed by atoms with E-state index >= 15 is 0 Å². The number of para-hydroxylation sites is 1. The molecule has 0 bridgehead atoms. The van der Waals surface area contributed by atoms with Crippen molar-refractivity contribution in [3.05, 3.63) is 66.4 Å². The predicted octanol–water partition coefficient (Wildman–Crippen LogP) is 3.05. The van der Waals surface area contributed by atoms with Crippen LogP contribution in [0, 0.1) is 6.92 Å². The van der Waals surface area contributed by atoms with Gasteiger partial charge in [-0.3, -0.25) is 4.98 Å². The third kappa shape index (κ3) is 3.36. The second-order valence-corrected chi connectivity index (χ2v) is 6.88. The number of sulfonamides is 1. The van der Waals surface area contributed by atoms with Crippen molar-refractivity contribution in [2.24, 2.45) is 0 Å². The fourth-order valence-corrected chi connectivity index (χ4v) is 3.27. The number of aromatic nitrogens is 1. The molecule has 0 fully saturated rings. The van der Waals surface area contributed by atoms with E-state index in [9.17, 15) is 13.2 Å². The van der Waals surface area contributed by atoms with Gasteiger partial charge >= 0.3 is 6.03 Å². The fourth-order valence-electron chi connectivity index (χ4n) is 2.34. The maximum absolute atomic E-state index is 12.2. The molecule has 7 heteroatoms. The molecule has 0 aliphatic carbocycles. The SMILES string of the molecule is Cc1cc(NC(=O)NS(=O)(=O)c2ccccc2)c2ccccc2n1. The van der Waals surface area contributed by atoms with Gasteiger partial charge in [-0.2, -0.15) is 0 Å². The molecule has 2 aromatic carbocycles. The molecule has 24 heavy (non-hydrogen) atoms. The highest BCUT2D eigenvalue weighted by Gasteiger charge is 2.17. The number of hydrogen-bond acceptors (Lipinski definition) is 4. The van der Waals surface area contributed by atoms with Gasteiger partial charge in [-0.1, -0.05) is 36.4 Å². The highest BCUT2D eigenvalue weighted by molar-refractivity contribution is 7.90. The van der Waals surface area contributed by atoms with Crippen LogP contribution < -0.4 is 10.0 Å². The van der Waals surface area contributed by atoms with Crippen LogP contribution in [-0.2, 0) is 10.0 Å². The van der Waals surface area contributed by atoms with E-state index in [0.717, 1.165) is 16.6 Å². The average Bonchev–Trinajstić information content (AvgIpc) is 2.55. The van der Waals surface area contributed by atoms with Gasteiger partial charge in [-0.05, 0) is 31.2 Å². The van der Waals surface area contributed by atoms with E-state index in [1.807, 2.05) is 29.0 Å². The summed E-state index contributed by atoms with van der Waals surface area (Å²) >= 11 is 0. The molecule has 2 amide bonds. The number of anilines is 1. The van der Waals surface area contributed by atoms with Crippen molar-refractivity contribution in [1.82, 2.24) is 9.71 Å². The number of carbonyl (C=O) groups is 1. The van der Waals surface area contributed by atoms with Crippen molar-refractivity contribution < 1.29 is 13.2 Å². The van der Waals surface area contributed by atoms with Gasteiger partial charge in [0.05, 0.1) is 16.1 Å². The lowest BCUT2D eigenvalue weighted by molar-refractivity contribution is 0.256. The van der Waals surface area contributed by atoms with E-state index in [4.69, 9.17) is 0 Å². The lowest BCUT2D eigenvalue weighted by Crippen LogP contribution is -2.34. The zero-order chi connectivity index (χ0) is 17.2. The predicted molar refractivity (Wildman–Crippen MR) is 92.3 cm³/mol. The standard InChI is InChI=1S/C17H15N3O3S/c1-12-11-16(14-9-5-6-10-15(14)18-12)19-17(21)20-24(22,23)13-7-3-2-4-8-13/h2-11H,1H3,(H2,18,19,20,21). The van der Waals surface area contributed by atoms with Crippen molar-refractivity contribution in [3.63, 3.8) is 0 Å². The molecule has 0 aliphatic rings. The summed E-state index contributed by atoms with van der Waals surface area (Å²) < 4.78 is 26.4. The van der Waals surface area contributed by atoms with Crippen LogP contribution in [0.3, 0.4) is 0 Å². The molecule has 1 heterocycles. The Kier molecular flexibility index (Phi) is 4.18. The third-order valence-electron chi connectivity index (χ3n) is 3.37. The zero-order valence-corrected chi connectivity index (χ0v) is 13.7. The van der Waals surface area contributed by atoms with Crippen LogP contribution >= 0.6 is 0 Å². The molecule has 0 saturated carbocycles. The quantitative estimate of drug-likeness (QED) is 0.766. The van der Waals surface area contributed by atoms with E-state index < -0.39 is 16.1 Å². The van der Waals surface area contributed by atoms with Gasteiger partial charge < -0.3 is 5.32 Å². The summed E-state index contributed by atoms with van der Waals surface area (Å²) in [5.41, 5.74) is 1.94. The van der Waals surface area contributed by atoms with Crippen molar-refractivity contribution in [3.8, 4) is 0 Å². The fraction of sp³-hybridized carbons (Fsp3) is 0.0588. The summed E-state index contributed by atoms with van der Waals surface area (Å²) in [6, 6.07) is 15.9. The molecule has 2 N–H and O–H groups in total. The van der Waals surface area contributed by atoms with Crippen LogP contribution in [0.1, 0.15) is 5.69 Å². The van der Waals surface area contributed by atoms with Gasteiger partial charge in [0.25, 0.3) is 10.0 Å². The Bertz CT molecular complexity index is 1000. The number of rotatable bonds is 3. The number of nitrogens with one attached hydrogen (secondary N) is 2. The molecule has 122 valence electrons. The van der Waals surface area contributed by atoms with Crippen LogP contribution in [0.25, 0.3) is 10.9 Å². The second kappa shape index (κ2) is 6.29. The van der Waals surface area contributed by atoms with Crippen LogP contribution in [0.5, 0.6) is 0 Å². The Morgan fingerprint density at radius 2 is 1.67 bits per heavy atom. The van der Waals surface area contributed by atoms with Crippen molar-refractivity contribution in [2.75, 3.05) is 5.32 Å². The van der Waals surface area contributed by atoms with Crippen LogP contribution in [-0.4, -0.2) is 19.4 Å². The molecule has 0 spiro atoms. The average molecular weight is 341 g/mol. The minimum atomic E-state index is -3.92. The number of benzene rings is 2.